The highest BCUT2D eigenvalue weighted by molar-refractivity contribution is 4.86. The smallest absolute Gasteiger partial charge is 0.384 e. The Hall–Kier alpha value is -1.15. The summed E-state index contributed by atoms with van der Waals surface area (Å²) in [6, 6.07) is 0. The average molecular weight is 226 g/mol. The van der Waals surface area contributed by atoms with Crippen LogP contribution in [0.3, 0.4) is 0 Å². The molecular weight excluding hydrogens is 217 g/mol. The zero-order valence-electron chi connectivity index (χ0n) is 7.78. The van der Waals surface area contributed by atoms with Crippen LogP contribution in [0.15, 0.2) is 4.52 Å². The Morgan fingerprint density at radius 3 is 2.67 bits per heavy atom. The van der Waals surface area contributed by atoms with Crippen molar-refractivity contribution in [3.63, 3.8) is 0 Å². The first-order chi connectivity index (χ1) is 6.88. The maximum atomic E-state index is 11.7. The lowest BCUT2D eigenvalue weighted by molar-refractivity contribution is -0.177. The number of aliphatic hydroxyl groups excluding tert-OH is 1. The van der Waals surface area contributed by atoms with Crippen molar-refractivity contribution in [2.75, 3.05) is 6.61 Å². The van der Waals surface area contributed by atoms with E-state index in [9.17, 15) is 13.2 Å². The molecule has 1 atom stereocenters. The van der Waals surface area contributed by atoms with Crippen molar-refractivity contribution in [1.82, 2.24) is 10.1 Å². The minimum atomic E-state index is -4.38. The van der Waals surface area contributed by atoms with Crippen LogP contribution in [0.5, 0.6) is 0 Å². The van der Waals surface area contributed by atoms with Gasteiger partial charge in [0.1, 0.15) is 19.3 Å². The Balaban J connectivity index is 2.38. The molecule has 0 fully saturated rings. The molecule has 8 heteroatoms. The Kier molecular flexibility index (Phi) is 3.64. The third kappa shape index (κ3) is 4.26. The van der Waals surface area contributed by atoms with Crippen LogP contribution in [0, 0.1) is 0 Å². The number of rotatable bonds is 4. The second kappa shape index (κ2) is 4.58. The molecule has 1 aromatic heterocycles. The van der Waals surface area contributed by atoms with Gasteiger partial charge in [0, 0.05) is 0 Å². The molecular formula is C7H9F3N2O3. The standard InChI is InChI=1S/C7H9F3N2O3/c1-4(13)6-11-5(12-15-6)2-14-3-7(8,9)10/h4,13H,2-3H2,1H3. The molecule has 1 N–H and O–H groups in total. The molecule has 0 radical (unpaired) electrons. The van der Waals surface area contributed by atoms with Crippen LogP contribution in [0.1, 0.15) is 24.7 Å². The topological polar surface area (TPSA) is 68.4 Å². The van der Waals surface area contributed by atoms with Gasteiger partial charge in [-0.15, -0.1) is 0 Å². The number of alkyl halides is 3. The van der Waals surface area contributed by atoms with Crippen LogP contribution in [0.4, 0.5) is 13.2 Å². The molecule has 0 aromatic carbocycles. The van der Waals surface area contributed by atoms with E-state index in [-0.39, 0.29) is 11.7 Å². The van der Waals surface area contributed by atoms with Gasteiger partial charge in [0.25, 0.3) is 5.89 Å². The number of hydrogen-bond donors (Lipinski definition) is 1. The summed E-state index contributed by atoms with van der Waals surface area (Å²) < 4.78 is 43.8. The molecule has 0 bridgehead atoms. The van der Waals surface area contributed by atoms with Crippen LogP contribution < -0.4 is 0 Å². The van der Waals surface area contributed by atoms with Gasteiger partial charge in [0.2, 0.25) is 0 Å². The van der Waals surface area contributed by atoms with Gasteiger partial charge in [-0.25, -0.2) is 0 Å². The van der Waals surface area contributed by atoms with E-state index in [1.54, 1.807) is 0 Å². The SMILES string of the molecule is CC(O)c1nc(COCC(F)(F)F)no1. The molecule has 1 aromatic rings. The largest absolute Gasteiger partial charge is 0.411 e. The van der Waals surface area contributed by atoms with Gasteiger partial charge in [-0.1, -0.05) is 5.16 Å². The number of aliphatic hydroxyl groups is 1. The lowest BCUT2D eigenvalue weighted by atomic mass is 10.4. The van der Waals surface area contributed by atoms with Gasteiger partial charge in [-0.05, 0) is 6.92 Å². The fourth-order valence-electron chi connectivity index (χ4n) is 0.754. The van der Waals surface area contributed by atoms with Crippen molar-refractivity contribution in [3.8, 4) is 0 Å². The fourth-order valence-corrected chi connectivity index (χ4v) is 0.754. The first kappa shape index (κ1) is 11.9. The van der Waals surface area contributed by atoms with Crippen LogP contribution in [0.25, 0.3) is 0 Å². The molecule has 0 amide bonds. The van der Waals surface area contributed by atoms with Crippen molar-refractivity contribution in [3.05, 3.63) is 11.7 Å². The van der Waals surface area contributed by atoms with Crippen molar-refractivity contribution >= 4 is 0 Å². The zero-order valence-corrected chi connectivity index (χ0v) is 7.78. The molecule has 0 aliphatic heterocycles. The van der Waals surface area contributed by atoms with E-state index in [0.29, 0.717) is 0 Å². The quantitative estimate of drug-likeness (QED) is 0.835. The molecule has 0 aliphatic rings. The summed E-state index contributed by atoms with van der Waals surface area (Å²) in [4.78, 5) is 3.61. The van der Waals surface area contributed by atoms with Gasteiger partial charge < -0.3 is 14.4 Å². The maximum Gasteiger partial charge on any atom is 0.411 e. The summed E-state index contributed by atoms with van der Waals surface area (Å²) in [6.07, 6.45) is -5.33. The fraction of sp³-hybridized carbons (Fsp3) is 0.714. The lowest BCUT2D eigenvalue weighted by Gasteiger charge is -2.04. The lowest BCUT2D eigenvalue weighted by Crippen LogP contribution is -2.17. The van der Waals surface area contributed by atoms with Crippen molar-refractivity contribution < 1.29 is 27.5 Å². The van der Waals surface area contributed by atoms with E-state index in [0.717, 1.165) is 0 Å². The monoisotopic (exact) mass is 226 g/mol. The summed E-state index contributed by atoms with van der Waals surface area (Å²) in [7, 11) is 0. The van der Waals surface area contributed by atoms with Crippen molar-refractivity contribution in [2.45, 2.75) is 25.8 Å². The molecule has 86 valence electrons. The molecule has 1 rings (SSSR count). The molecule has 15 heavy (non-hydrogen) atoms. The summed E-state index contributed by atoms with van der Waals surface area (Å²) in [6.45, 7) is -0.380. The van der Waals surface area contributed by atoms with E-state index in [1.807, 2.05) is 0 Å². The summed E-state index contributed by atoms with van der Waals surface area (Å²) in [5.41, 5.74) is 0. The number of hydrogen-bond acceptors (Lipinski definition) is 5. The highest BCUT2D eigenvalue weighted by atomic mass is 19.4. The van der Waals surface area contributed by atoms with Crippen LogP contribution >= 0.6 is 0 Å². The molecule has 0 saturated heterocycles. The minimum Gasteiger partial charge on any atom is -0.384 e. The van der Waals surface area contributed by atoms with Gasteiger partial charge in [0.15, 0.2) is 5.82 Å². The van der Waals surface area contributed by atoms with E-state index >= 15 is 0 Å². The Labute approximate surface area is 82.8 Å². The molecule has 0 aliphatic carbocycles. The van der Waals surface area contributed by atoms with Crippen molar-refractivity contribution in [1.29, 1.82) is 0 Å². The predicted molar refractivity (Wildman–Crippen MR) is 40.6 cm³/mol. The first-order valence-corrected chi connectivity index (χ1v) is 4.03. The van der Waals surface area contributed by atoms with Gasteiger partial charge in [0.05, 0.1) is 0 Å². The second-order valence-corrected chi connectivity index (χ2v) is 2.83. The van der Waals surface area contributed by atoms with Gasteiger partial charge in [-0.2, -0.15) is 18.2 Å². The summed E-state index contributed by atoms with van der Waals surface area (Å²) >= 11 is 0. The second-order valence-electron chi connectivity index (χ2n) is 2.83. The van der Waals surface area contributed by atoms with E-state index in [2.05, 4.69) is 19.4 Å². The number of halogens is 3. The first-order valence-electron chi connectivity index (χ1n) is 4.03. The minimum absolute atomic E-state index is 0.0323. The molecule has 1 unspecified atom stereocenters. The van der Waals surface area contributed by atoms with E-state index < -0.39 is 25.5 Å². The molecule has 0 saturated carbocycles. The Morgan fingerprint density at radius 1 is 1.53 bits per heavy atom. The van der Waals surface area contributed by atoms with Gasteiger partial charge in [-0.3, -0.25) is 0 Å². The van der Waals surface area contributed by atoms with Crippen LogP contribution in [0.2, 0.25) is 0 Å². The number of nitrogens with zero attached hydrogens (tertiary/aromatic N) is 2. The molecule has 5 nitrogen and oxygen atoms in total. The predicted octanol–water partition coefficient (Wildman–Crippen LogP) is 1.20. The zero-order chi connectivity index (χ0) is 11.5. The normalized spacial score (nSPS) is 14.2. The van der Waals surface area contributed by atoms with E-state index in [4.69, 9.17) is 5.11 Å². The number of aromatic nitrogens is 2. The van der Waals surface area contributed by atoms with Crippen LogP contribution in [-0.2, 0) is 11.3 Å². The maximum absolute atomic E-state index is 11.7. The van der Waals surface area contributed by atoms with E-state index in [1.165, 1.54) is 6.92 Å². The summed E-state index contributed by atoms with van der Waals surface area (Å²) in [5.74, 6) is -0.0873. The molecule has 0 spiro atoms. The third-order valence-corrected chi connectivity index (χ3v) is 1.34. The number of ether oxygens (including phenoxy) is 1. The average Bonchev–Trinajstić information content (AvgIpc) is 2.50. The Bertz CT molecular complexity index is 311. The Morgan fingerprint density at radius 2 is 2.20 bits per heavy atom. The van der Waals surface area contributed by atoms with Gasteiger partial charge >= 0.3 is 6.18 Å². The summed E-state index contributed by atoms with van der Waals surface area (Å²) in [5, 5.41) is 12.3. The van der Waals surface area contributed by atoms with Crippen LogP contribution in [-0.4, -0.2) is 28.0 Å². The van der Waals surface area contributed by atoms with Crippen molar-refractivity contribution in [2.24, 2.45) is 0 Å². The highest BCUT2D eigenvalue weighted by Crippen LogP contribution is 2.15. The highest BCUT2D eigenvalue weighted by Gasteiger charge is 2.27. The molecule has 1 heterocycles. The third-order valence-electron chi connectivity index (χ3n) is 1.34.